The topological polar surface area (TPSA) is 74.3 Å². The van der Waals surface area contributed by atoms with Crippen LogP contribution in [0.3, 0.4) is 0 Å². The zero-order chi connectivity index (χ0) is 23.8. The van der Waals surface area contributed by atoms with Crippen molar-refractivity contribution in [3.63, 3.8) is 0 Å². The molecule has 0 aromatic heterocycles. The highest BCUT2D eigenvalue weighted by atomic mass is 16.5. The Morgan fingerprint density at radius 2 is 1.82 bits per heavy atom. The number of β-amino-alcohol motifs (C(OH)–C–C–N with tert-alkyl or cyclic N) is 1. The van der Waals surface area contributed by atoms with Gasteiger partial charge in [-0.25, -0.2) is 4.79 Å². The molecule has 0 bridgehead atoms. The van der Waals surface area contributed by atoms with Crippen LogP contribution in [0, 0.1) is 0 Å². The summed E-state index contributed by atoms with van der Waals surface area (Å²) in [7, 11) is 4.91. The molecule has 2 aromatic carbocycles. The van der Waals surface area contributed by atoms with Crippen molar-refractivity contribution in [1.29, 1.82) is 0 Å². The largest absolute Gasteiger partial charge is 0.493 e. The predicted molar refractivity (Wildman–Crippen MR) is 130 cm³/mol. The van der Waals surface area contributed by atoms with Crippen LogP contribution in [0.5, 0.6) is 11.5 Å². The predicted octanol–water partition coefficient (Wildman–Crippen LogP) is 3.64. The van der Waals surface area contributed by atoms with Gasteiger partial charge in [0, 0.05) is 43.6 Å². The van der Waals surface area contributed by atoms with Crippen LogP contribution in [0.2, 0.25) is 0 Å². The smallest absolute Gasteiger partial charge is 0.321 e. The van der Waals surface area contributed by atoms with Crippen LogP contribution in [0.1, 0.15) is 37.0 Å². The van der Waals surface area contributed by atoms with Gasteiger partial charge in [0.25, 0.3) is 0 Å². The Morgan fingerprint density at radius 1 is 1.15 bits per heavy atom. The van der Waals surface area contributed by atoms with E-state index in [4.69, 9.17) is 9.47 Å². The first kappa shape index (κ1) is 23.0. The zero-order valence-corrected chi connectivity index (χ0v) is 20.0. The first-order chi connectivity index (χ1) is 15.8. The van der Waals surface area contributed by atoms with E-state index in [0.29, 0.717) is 24.5 Å². The highest BCUT2D eigenvalue weighted by Crippen LogP contribution is 2.39. The Morgan fingerprint density at radius 3 is 2.39 bits per heavy atom. The molecule has 176 valence electrons. The maximum absolute atomic E-state index is 12.7. The standard InChI is InChI=1S/C26H33N3O4/c1-17-12-19-13-23(32-4)24(33-5)14-21(19)22(15-29(17)25(30)27-3)18-6-8-20(9-7-18)28-11-10-26(2,31)16-28/h6-9,13-15,17,31H,10-12,16H2,1-5H3,(H,27,30)/t17-,26?/m1/s1. The molecular formula is C26H33N3O4. The van der Waals surface area contributed by atoms with E-state index in [1.807, 2.05) is 32.2 Å². The van der Waals surface area contributed by atoms with Gasteiger partial charge in [0.05, 0.1) is 19.8 Å². The molecule has 1 unspecified atom stereocenters. The summed E-state index contributed by atoms with van der Waals surface area (Å²) in [6, 6.07) is 12.1. The van der Waals surface area contributed by atoms with Gasteiger partial charge >= 0.3 is 6.03 Å². The number of rotatable bonds is 4. The fourth-order valence-corrected chi connectivity index (χ4v) is 4.73. The summed E-state index contributed by atoms with van der Waals surface area (Å²) >= 11 is 0. The minimum Gasteiger partial charge on any atom is -0.493 e. The number of methoxy groups -OCH3 is 2. The number of benzene rings is 2. The third kappa shape index (κ3) is 4.50. The average Bonchev–Trinajstić information content (AvgIpc) is 3.11. The van der Waals surface area contributed by atoms with Gasteiger partial charge in [0.2, 0.25) is 0 Å². The number of ether oxygens (including phenoxy) is 2. The lowest BCUT2D eigenvalue weighted by molar-refractivity contribution is 0.0839. The quantitative estimate of drug-likeness (QED) is 0.743. The molecule has 33 heavy (non-hydrogen) atoms. The van der Waals surface area contributed by atoms with Crippen molar-refractivity contribution >= 4 is 17.3 Å². The summed E-state index contributed by atoms with van der Waals surface area (Å²) in [5.74, 6) is 1.33. The number of hydrogen-bond acceptors (Lipinski definition) is 5. The minimum atomic E-state index is -0.652. The van der Waals surface area contributed by atoms with E-state index in [1.54, 1.807) is 26.2 Å². The van der Waals surface area contributed by atoms with Crippen LogP contribution in [0.15, 0.2) is 42.6 Å². The highest BCUT2D eigenvalue weighted by Gasteiger charge is 2.31. The maximum Gasteiger partial charge on any atom is 0.321 e. The van der Waals surface area contributed by atoms with E-state index >= 15 is 0 Å². The molecular weight excluding hydrogens is 418 g/mol. The van der Waals surface area contributed by atoms with Gasteiger partial charge in [-0.05, 0) is 67.6 Å². The Kier molecular flexibility index (Phi) is 6.26. The Balaban J connectivity index is 1.79. The first-order valence-electron chi connectivity index (χ1n) is 11.3. The van der Waals surface area contributed by atoms with Crippen molar-refractivity contribution in [3.8, 4) is 11.5 Å². The molecule has 2 aliphatic heterocycles. The molecule has 0 saturated carbocycles. The van der Waals surface area contributed by atoms with Crippen LogP contribution < -0.4 is 19.7 Å². The summed E-state index contributed by atoms with van der Waals surface area (Å²) in [4.78, 5) is 16.6. The lowest BCUT2D eigenvalue weighted by atomic mass is 9.92. The van der Waals surface area contributed by atoms with Crippen LogP contribution in [-0.4, -0.2) is 62.0 Å². The molecule has 0 spiro atoms. The molecule has 2 N–H and O–H groups in total. The van der Waals surface area contributed by atoms with Crippen molar-refractivity contribution in [3.05, 3.63) is 59.3 Å². The number of hydrogen-bond donors (Lipinski definition) is 2. The molecule has 2 aromatic rings. The third-order valence-corrected chi connectivity index (χ3v) is 6.60. The monoisotopic (exact) mass is 451 g/mol. The Bertz CT molecular complexity index is 1060. The van der Waals surface area contributed by atoms with Crippen LogP contribution >= 0.6 is 0 Å². The molecule has 7 nitrogen and oxygen atoms in total. The summed E-state index contributed by atoms with van der Waals surface area (Å²) < 4.78 is 11.1. The van der Waals surface area contributed by atoms with Crippen molar-refractivity contribution in [1.82, 2.24) is 10.2 Å². The van der Waals surface area contributed by atoms with Crippen molar-refractivity contribution in [2.45, 2.75) is 38.3 Å². The van der Waals surface area contributed by atoms with Gasteiger partial charge in [0.15, 0.2) is 11.5 Å². The molecule has 2 amide bonds. The lowest BCUT2D eigenvalue weighted by Gasteiger charge is -2.24. The molecule has 1 fully saturated rings. The van der Waals surface area contributed by atoms with Gasteiger partial charge in [0.1, 0.15) is 0 Å². The van der Waals surface area contributed by atoms with Gasteiger partial charge in [-0.3, -0.25) is 4.90 Å². The molecule has 0 radical (unpaired) electrons. The van der Waals surface area contributed by atoms with Crippen molar-refractivity contribution in [2.75, 3.05) is 39.3 Å². The number of carbonyl (C=O) groups is 1. The molecule has 2 heterocycles. The zero-order valence-electron chi connectivity index (χ0n) is 20.0. The fourth-order valence-electron chi connectivity index (χ4n) is 4.73. The highest BCUT2D eigenvalue weighted by molar-refractivity contribution is 5.87. The average molecular weight is 452 g/mol. The summed E-state index contributed by atoms with van der Waals surface area (Å²) in [5, 5.41) is 13.1. The second kappa shape index (κ2) is 8.98. The minimum absolute atomic E-state index is 0.0367. The molecule has 4 rings (SSSR count). The van der Waals surface area contributed by atoms with Gasteiger partial charge in [-0.1, -0.05) is 12.1 Å². The van der Waals surface area contributed by atoms with Gasteiger partial charge in [-0.2, -0.15) is 0 Å². The number of aliphatic hydroxyl groups is 1. The number of anilines is 1. The van der Waals surface area contributed by atoms with Crippen molar-refractivity contribution in [2.24, 2.45) is 0 Å². The van der Waals surface area contributed by atoms with Crippen LogP contribution in [-0.2, 0) is 6.42 Å². The van der Waals surface area contributed by atoms with Crippen LogP contribution in [0.25, 0.3) is 5.57 Å². The normalized spacial score (nSPS) is 22.4. The van der Waals surface area contributed by atoms with E-state index < -0.39 is 5.60 Å². The summed E-state index contributed by atoms with van der Waals surface area (Å²) in [6.07, 6.45) is 3.37. The second-order valence-corrected chi connectivity index (χ2v) is 9.14. The van der Waals surface area contributed by atoms with E-state index in [-0.39, 0.29) is 12.1 Å². The van der Waals surface area contributed by atoms with E-state index in [2.05, 4.69) is 34.5 Å². The summed E-state index contributed by atoms with van der Waals surface area (Å²) in [5.41, 5.74) is 4.48. The van der Waals surface area contributed by atoms with Crippen molar-refractivity contribution < 1.29 is 19.4 Å². The SMILES string of the molecule is CNC(=O)N1C=C(c2ccc(N3CCC(C)(O)C3)cc2)c2cc(OC)c(OC)cc2C[C@H]1C. The number of nitrogens with zero attached hydrogens (tertiary/aromatic N) is 2. The fraction of sp³-hybridized carbons (Fsp3) is 0.423. The van der Waals surface area contributed by atoms with E-state index in [9.17, 15) is 9.90 Å². The number of nitrogens with one attached hydrogen (secondary N) is 1. The number of fused-ring (bicyclic) bond motifs is 1. The molecule has 0 aliphatic carbocycles. The first-order valence-corrected chi connectivity index (χ1v) is 11.3. The number of urea groups is 1. The second-order valence-electron chi connectivity index (χ2n) is 9.14. The number of amides is 2. The van der Waals surface area contributed by atoms with Gasteiger partial charge in [-0.15, -0.1) is 0 Å². The third-order valence-electron chi connectivity index (χ3n) is 6.60. The molecule has 1 saturated heterocycles. The molecule has 7 heteroatoms. The Labute approximate surface area is 195 Å². The lowest BCUT2D eigenvalue weighted by Crippen LogP contribution is -2.40. The summed E-state index contributed by atoms with van der Waals surface area (Å²) in [6.45, 7) is 5.37. The van der Waals surface area contributed by atoms with Gasteiger partial charge < -0.3 is 24.8 Å². The number of carbonyl (C=O) groups excluding carboxylic acids is 1. The molecule has 2 atom stereocenters. The van der Waals surface area contributed by atoms with E-state index in [1.165, 1.54) is 0 Å². The Hall–Kier alpha value is -3.19. The molecule has 2 aliphatic rings. The van der Waals surface area contributed by atoms with E-state index in [0.717, 1.165) is 40.9 Å². The maximum atomic E-state index is 12.7. The van der Waals surface area contributed by atoms with Crippen LogP contribution in [0.4, 0.5) is 10.5 Å².